The molecule has 0 unspecified atom stereocenters. The molecular formula is C27H48N3O5+. The maximum absolute atomic E-state index is 12.9. The summed E-state index contributed by atoms with van der Waals surface area (Å²) < 4.78 is 10.8. The number of methoxy groups -OCH3 is 1. The van der Waals surface area contributed by atoms with Crippen LogP contribution in [0.15, 0.2) is 24.3 Å². The average molecular weight is 495 g/mol. The van der Waals surface area contributed by atoms with E-state index in [2.05, 4.69) is 37.1 Å². The number of hydrogen-bond donors (Lipinski definition) is 4. The second kappa shape index (κ2) is 17.3. The Morgan fingerprint density at radius 2 is 1.77 bits per heavy atom. The Bertz CT molecular complexity index is 743. The van der Waals surface area contributed by atoms with Crippen LogP contribution in [0.4, 0.5) is 0 Å². The minimum atomic E-state index is -0.680. The average Bonchev–Trinajstić information content (AvgIpc) is 2.84. The standard InChI is InChI=1S/C27H47N3O5/c1-6-7-13-29-26(32)20(4)16-24(31)23(28)17-21(19(2)3)18-30-27(33)22-11-8-9-12-25(22)35-15-10-14-34-5/h8-9,11-12,19-21,23-24,31H,6-7,10,13-18,28H2,1-5H3,(H,29,32)(H,30,33)/p+1/t20-,21-,23+,24+/m1/s1. The number of rotatable bonds is 18. The van der Waals surface area contributed by atoms with Crippen LogP contribution in [0.25, 0.3) is 0 Å². The van der Waals surface area contributed by atoms with Crippen molar-refractivity contribution in [3.05, 3.63) is 29.8 Å². The monoisotopic (exact) mass is 494 g/mol. The van der Waals surface area contributed by atoms with Gasteiger partial charge in [-0.15, -0.1) is 0 Å². The molecule has 200 valence electrons. The topological polar surface area (TPSA) is 125 Å². The predicted octanol–water partition coefficient (Wildman–Crippen LogP) is 2.41. The quantitative estimate of drug-likeness (QED) is 0.233. The van der Waals surface area contributed by atoms with Crippen molar-refractivity contribution >= 4 is 11.8 Å². The van der Waals surface area contributed by atoms with Crippen molar-refractivity contribution in [1.82, 2.24) is 10.6 Å². The molecule has 0 saturated carbocycles. The Balaban J connectivity index is 2.62. The molecule has 4 atom stereocenters. The molecule has 0 fully saturated rings. The number of aliphatic hydroxyl groups excluding tert-OH is 1. The molecule has 0 heterocycles. The second-order valence-corrected chi connectivity index (χ2v) is 9.75. The van der Waals surface area contributed by atoms with E-state index in [4.69, 9.17) is 9.47 Å². The molecule has 8 nitrogen and oxygen atoms in total. The lowest BCUT2D eigenvalue weighted by atomic mass is 9.86. The summed E-state index contributed by atoms with van der Waals surface area (Å²) >= 11 is 0. The fourth-order valence-electron chi connectivity index (χ4n) is 3.85. The number of hydrogen-bond acceptors (Lipinski definition) is 5. The summed E-state index contributed by atoms with van der Waals surface area (Å²) in [5.74, 6) is 0.501. The van der Waals surface area contributed by atoms with E-state index in [9.17, 15) is 14.7 Å². The van der Waals surface area contributed by atoms with Crippen LogP contribution in [0.2, 0.25) is 0 Å². The van der Waals surface area contributed by atoms with E-state index >= 15 is 0 Å². The zero-order valence-corrected chi connectivity index (χ0v) is 22.3. The first kappa shape index (κ1) is 30.9. The molecule has 1 aromatic rings. The molecule has 0 spiro atoms. The number of carbonyl (C=O) groups excluding carboxylic acids is 2. The maximum Gasteiger partial charge on any atom is 0.255 e. The number of ether oxygens (including phenoxy) is 2. The van der Waals surface area contributed by atoms with Crippen LogP contribution in [0.5, 0.6) is 5.75 Å². The summed E-state index contributed by atoms with van der Waals surface area (Å²) in [7, 11) is 1.65. The number of aliphatic hydroxyl groups is 1. The Labute approximate surface area is 211 Å². The highest BCUT2D eigenvalue weighted by Crippen LogP contribution is 2.21. The van der Waals surface area contributed by atoms with Gasteiger partial charge in [-0.1, -0.05) is 46.2 Å². The SMILES string of the molecule is CCCCNC(=O)[C@H](C)C[C@H](O)[C@@H]([NH3+])C[C@H](CNC(=O)c1ccccc1OCCCOC)C(C)C. The van der Waals surface area contributed by atoms with E-state index < -0.39 is 6.10 Å². The molecule has 0 aromatic heterocycles. The number of amides is 2. The van der Waals surface area contributed by atoms with Crippen molar-refractivity contribution in [3.63, 3.8) is 0 Å². The number of para-hydroxylation sites is 1. The van der Waals surface area contributed by atoms with Crippen LogP contribution in [0, 0.1) is 17.8 Å². The number of benzene rings is 1. The highest BCUT2D eigenvalue weighted by atomic mass is 16.5. The van der Waals surface area contributed by atoms with E-state index in [1.54, 1.807) is 19.2 Å². The van der Waals surface area contributed by atoms with E-state index in [1.807, 2.05) is 19.1 Å². The van der Waals surface area contributed by atoms with Gasteiger partial charge in [0.2, 0.25) is 5.91 Å². The second-order valence-electron chi connectivity index (χ2n) is 9.75. The summed E-state index contributed by atoms with van der Waals surface area (Å²) in [5.41, 5.74) is 4.67. The summed E-state index contributed by atoms with van der Waals surface area (Å²) in [6.07, 6.45) is 3.06. The largest absolute Gasteiger partial charge is 0.493 e. The molecule has 0 aliphatic carbocycles. The Morgan fingerprint density at radius 1 is 1.06 bits per heavy atom. The Kier molecular flexibility index (Phi) is 15.3. The maximum atomic E-state index is 12.9. The molecule has 6 N–H and O–H groups in total. The highest BCUT2D eigenvalue weighted by molar-refractivity contribution is 5.96. The Hall–Kier alpha value is -2.16. The van der Waals surface area contributed by atoms with Gasteiger partial charge in [0.1, 0.15) is 17.9 Å². The number of quaternary nitrogens is 1. The Morgan fingerprint density at radius 3 is 2.43 bits per heavy atom. The van der Waals surface area contributed by atoms with E-state index in [1.165, 1.54) is 0 Å². The molecule has 0 radical (unpaired) electrons. The van der Waals surface area contributed by atoms with Gasteiger partial charge >= 0.3 is 0 Å². The zero-order valence-electron chi connectivity index (χ0n) is 22.3. The molecule has 35 heavy (non-hydrogen) atoms. The molecule has 0 aliphatic heterocycles. The fourth-order valence-corrected chi connectivity index (χ4v) is 3.85. The van der Waals surface area contributed by atoms with Crippen LogP contribution in [-0.2, 0) is 9.53 Å². The molecule has 0 aliphatic rings. The molecule has 1 aromatic carbocycles. The third-order valence-electron chi connectivity index (χ3n) is 6.37. The third kappa shape index (κ3) is 11.9. The first-order valence-electron chi connectivity index (χ1n) is 13.0. The van der Waals surface area contributed by atoms with Crippen molar-refractivity contribution in [3.8, 4) is 5.75 Å². The van der Waals surface area contributed by atoms with Crippen LogP contribution in [-0.4, -0.2) is 62.5 Å². The molecular weight excluding hydrogens is 446 g/mol. The van der Waals surface area contributed by atoms with Crippen molar-refractivity contribution in [1.29, 1.82) is 0 Å². The number of carbonyl (C=O) groups is 2. The molecule has 8 heteroatoms. The van der Waals surface area contributed by atoms with E-state index in [-0.39, 0.29) is 29.7 Å². The minimum Gasteiger partial charge on any atom is -0.493 e. The first-order valence-corrected chi connectivity index (χ1v) is 13.0. The van der Waals surface area contributed by atoms with Gasteiger partial charge in [0.25, 0.3) is 5.91 Å². The molecule has 0 saturated heterocycles. The summed E-state index contributed by atoms with van der Waals surface area (Å²) in [6.45, 7) is 10.3. The summed E-state index contributed by atoms with van der Waals surface area (Å²) in [6, 6.07) is 6.98. The number of nitrogens with one attached hydrogen (secondary N) is 2. The molecule has 1 rings (SSSR count). The highest BCUT2D eigenvalue weighted by Gasteiger charge is 2.28. The lowest BCUT2D eigenvalue weighted by Gasteiger charge is -2.26. The first-order chi connectivity index (χ1) is 16.7. The van der Waals surface area contributed by atoms with E-state index in [0.717, 1.165) is 19.3 Å². The number of unbranched alkanes of at least 4 members (excludes halogenated alkanes) is 1. The lowest BCUT2D eigenvalue weighted by molar-refractivity contribution is -0.442. The predicted molar refractivity (Wildman–Crippen MR) is 138 cm³/mol. The molecule has 0 bridgehead atoms. The summed E-state index contributed by atoms with van der Waals surface area (Å²) in [4.78, 5) is 25.1. The van der Waals surface area contributed by atoms with Crippen molar-refractivity contribution in [2.75, 3.05) is 33.4 Å². The third-order valence-corrected chi connectivity index (χ3v) is 6.37. The van der Waals surface area contributed by atoms with Gasteiger partial charge in [-0.05, 0) is 36.8 Å². The minimum absolute atomic E-state index is 0.0273. The van der Waals surface area contributed by atoms with Gasteiger partial charge in [0, 0.05) is 45.6 Å². The molecule has 2 amide bonds. The van der Waals surface area contributed by atoms with Gasteiger partial charge in [-0.3, -0.25) is 9.59 Å². The van der Waals surface area contributed by atoms with Gasteiger partial charge in [-0.25, -0.2) is 0 Å². The summed E-state index contributed by atoms with van der Waals surface area (Å²) in [5, 5.41) is 16.7. The normalized spacial score (nSPS) is 14.7. The van der Waals surface area contributed by atoms with Crippen molar-refractivity contribution in [2.45, 2.75) is 71.9 Å². The van der Waals surface area contributed by atoms with Crippen molar-refractivity contribution in [2.24, 2.45) is 17.8 Å². The van der Waals surface area contributed by atoms with Crippen molar-refractivity contribution < 1.29 is 29.9 Å². The van der Waals surface area contributed by atoms with Gasteiger partial charge in [0.15, 0.2) is 0 Å². The van der Waals surface area contributed by atoms with E-state index in [0.29, 0.717) is 56.4 Å². The van der Waals surface area contributed by atoms with Gasteiger partial charge in [0.05, 0.1) is 12.2 Å². The smallest absolute Gasteiger partial charge is 0.255 e. The van der Waals surface area contributed by atoms with Gasteiger partial charge in [-0.2, -0.15) is 0 Å². The van der Waals surface area contributed by atoms with Crippen LogP contribution in [0.1, 0.15) is 70.2 Å². The van der Waals surface area contributed by atoms with Gasteiger partial charge < -0.3 is 30.9 Å². The lowest BCUT2D eigenvalue weighted by Crippen LogP contribution is -2.67. The van der Waals surface area contributed by atoms with Crippen LogP contribution < -0.4 is 21.1 Å². The zero-order chi connectivity index (χ0) is 26.2. The van der Waals surface area contributed by atoms with Crippen LogP contribution in [0.3, 0.4) is 0 Å². The fraction of sp³-hybridized carbons (Fsp3) is 0.704. The van der Waals surface area contributed by atoms with Crippen LogP contribution >= 0.6 is 0 Å².